The predicted molar refractivity (Wildman–Crippen MR) is 67.2 cm³/mol. The quantitative estimate of drug-likeness (QED) is 0.840. The van der Waals surface area contributed by atoms with Crippen LogP contribution >= 0.6 is 0 Å². The summed E-state index contributed by atoms with van der Waals surface area (Å²) in [4.78, 5) is 12.0. The molecule has 0 aromatic carbocycles. The molecule has 0 atom stereocenters. The van der Waals surface area contributed by atoms with Crippen LogP contribution in [-0.4, -0.2) is 21.7 Å². The molecule has 0 radical (unpaired) electrons. The van der Waals surface area contributed by atoms with Crippen LogP contribution in [0.25, 0.3) is 0 Å². The van der Waals surface area contributed by atoms with Gasteiger partial charge in [0.1, 0.15) is 0 Å². The summed E-state index contributed by atoms with van der Waals surface area (Å²) in [6.45, 7) is 1.72. The summed E-state index contributed by atoms with van der Waals surface area (Å²) in [6, 6.07) is 1.18. The summed E-state index contributed by atoms with van der Waals surface area (Å²) in [6.07, 6.45) is 11.5. The standard InChI is InChI=1S/C13H21N3O/c17-13-15(9-10-16(13)12-5-6-12)8-7-14-11-3-1-2-4-11/h9-12,14H,1-8H2. The molecule has 0 saturated heterocycles. The molecule has 0 amide bonds. The van der Waals surface area contributed by atoms with Crippen molar-refractivity contribution >= 4 is 0 Å². The highest BCUT2D eigenvalue weighted by atomic mass is 16.1. The van der Waals surface area contributed by atoms with Crippen molar-refractivity contribution in [1.29, 1.82) is 0 Å². The lowest BCUT2D eigenvalue weighted by atomic mass is 10.2. The van der Waals surface area contributed by atoms with Gasteiger partial charge in [0.15, 0.2) is 0 Å². The van der Waals surface area contributed by atoms with Crippen LogP contribution in [0.3, 0.4) is 0 Å². The number of hydrogen-bond donors (Lipinski definition) is 1. The second-order valence-electron chi connectivity index (χ2n) is 5.35. The third-order valence-electron chi connectivity index (χ3n) is 3.95. The molecule has 2 fully saturated rings. The minimum absolute atomic E-state index is 0.167. The third-order valence-corrected chi connectivity index (χ3v) is 3.95. The van der Waals surface area contributed by atoms with Crippen molar-refractivity contribution < 1.29 is 0 Å². The molecule has 2 aliphatic carbocycles. The Balaban J connectivity index is 1.52. The summed E-state index contributed by atoms with van der Waals surface area (Å²) < 4.78 is 3.72. The molecule has 0 unspecified atom stereocenters. The fourth-order valence-electron chi connectivity index (χ4n) is 2.75. The smallest absolute Gasteiger partial charge is 0.312 e. The summed E-state index contributed by atoms with van der Waals surface area (Å²) in [5.74, 6) is 0. The Kier molecular flexibility index (Phi) is 3.05. The summed E-state index contributed by atoms with van der Waals surface area (Å²) >= 11 is 0. The van der Waals surface area contributed by atoms with Gasteiger partial charge in [-0.25, -0.2) is 4.79 Å². The number of rotatable bonds is 5. The minimum Gasteiger partial charge on any atom is -0.312 e. The zero-order chi connectivity index (χ0) is 11.7. The molecule has 17 heavy (non-hydrogen) atoms. The maximum atomic E-state index is 12.0. The number of imidazole rings is 1. The van der Waals surface area contributed by atoms with Crippen LogP contribution in [0, 0.1) is 0 Å². The first-order valence-corrected chi connectivity index (χ1v) is 6.85. The van der Waals surface area contributed by atoms with Crippen LogP contribution in [0.15, 0.2) is 17.2 Å². The number of nitrogens with zero attached hydrogens (tertiary/aromatic N) is 2. The van der Waals surface area contributed by atoms with Gasteiger partial charge in [-0.05, 0) is 25.7 Å². The average Bonchev–Trinajstić information content (AvgIpc) is 2.91. The molecular weight excluding hydrogens is 214 g/mol. The topological polar surface area (TPSA) is 39.0 Å². The van der Waals surface area contributed by atoms with Gasteiger partial charge in [0.2, 0.25) is 0 Å². The van der Waals surface area contributed by atoms with Gasteiger partial charge in [-0.1, -0.05) is 12.8 Å². The Morgan fingerprint density at radius 2 is 1.94 bits per heavy atom. The minimum atomic E-state index is 0.167. The van der Waals surface area contributed by atoms with Gasteiger partial charge in [0.25, 0.3) is 0 Å². The largest absolute Gasteiger partial charge is 0.328 e. The SMILES string of the molecule is O=c1n(CCNC2CCCC2)ccn1C1CC1. The molecule has 4 heteroatoms. The lowest BCUT2D eigenvalue weighted by Crippen LogP contribution is -2.32. The number of nitrogens with one attached hydrogen (secondary N) is 1. The maximum Gasteiger partial charge on any atom is 0.328 e. The molecule has 0 spiro atoms. The number of hydrogen-bond acceptors (Lipinski definition) is 2. The molecule has 0 aliphatic heterocycles. The van der Waals surface area contributed by atoms with E-state index in [0.29, 0.717) is 12.1 Å². The summed E-state index contributed by atoms with van der Waals surface area (Å²) in [5.41, 5.74) is 0.167. The van der Waals surface area contributed by atoms with E-state index in [9.17, 15) is 4.79 Å². The van der Waals surface area contributed by atoms with Gasteiger partial charge in [-0.15, -0.1) is 0 Å². The van der Waals surface area contributed by atoms with E-state index in [1.165, 1.54) is 38.5 Å². The van der Waals surface area contributed by atoms with E-state index >= 15 is 0 Å². The Morgan fingerprint density at radius 3 is 2.65 bits per heavy atom. The zero-order valence-corrected chi connectivity index (χ0v) is 10.3. The van der Waals surface area contributed by atoms with Crippen molar-refractivity contribution in [2.75, 3.05) is 6.54 Å². The molecule has 2 saturated carbocycles. The van der Waals surface area contributed by atoms with Crippen LogP contribution in [-0.2, 0) is 6.54 Å². The molecule has 1 heterocycles. The van der Waals surface area contributed by atoms with Crippen molar-refractivity contribution in [3.63, 3.8) is 0 Å². The van der Waals surface area contributed by atoms with Crippen molar-refractivity contribution in [2.24, 2.45) is 0 Å². The Morgan fingerprint density at radius 1 is 1.18 bits per heavy atom. The summed E-state index contributed by atoms with van der Waals surface area (Å²) in [7, 11) is 0. The Labute approximate surface area is 102 Å². The zero-order valence-electron chi connectivity index (χ0n) is 10.3. The van der Waals surface area contributed by atoms with Crippen LogP contribution in [0.2, 0.25) is 0 Å². The van der Waals surface area contributed by atoms with Crippen molar-refractivity contribution in [2.45, 2.75) is 57.2 Å². The highest BCUT2D eigenvalue weighted by Crippen LogP contribution is 2.33. The van der Waals surface area contributed by atoms with E-state index in [1.807, 2.05) is 21.5 Å². The maximum absolute atomic E-state index is 12.0. The Bertz CT molecular complexity index is 424. The van der Waals surface area contributed by atoms with Crippen LogP contribution in [0.1, 0.15) is 44.6 Å². The van der Waals surface area contributed by atoms with Crippen LogP contribution < -0.4 is 11.0 Å². The molecule has 3 rings (SSSR count). The fraction of sp³-hybridized carbons (Fsp3) is 0.769. The van der Waals surface area contributed by atoms with Crippen LogP contribution in [0.4, 0.5) is 0 Å². The van der Waals surface area contributed by atoms with E-state index in [1.54, 1.807) is 0 Å². The van der Waals surface area contributed by atoms with Gasteiger partial charge in [-0.2, -0.15) is 0 Å². The molecule has 1 aromatic heterocycles. The van der Waals surface area contributed by atoms with E-state index < -0.39 is 0 Å². The molecule has 1 N–H and O–H groups in total. The van der Waals surface area contributed by atoms with Crippen molar-refractivity contribution in [1.82, 2.24) is 14.5 Å². The lowest BCUT2D eigenvalue weighted by molar-refractivity contribution is 0.489. The molecular formula is C13H21N3O. The predicted octanol–water partition coefficient (Wildman–Crippen LogP) is 1.52. The van der Waals surface area contributed by atoms with Gasteiger partial charge in [0, 0.05) is 37.6 Å². The van der Waals surface area contributed by atoms with Gasteiger partial charge < -0.3 is 5.32 Å². The van der Waals surface area contributed by atoms with E-state index in [0.717, 1.165) is 13.1 Å². The molecule has 1 aromatic rings. The van der Waals surface area contributed by atoms with E-state index in [2.05, 4.69) is 5.32 Å². The molecule has 2 aliphatic rings. The van der Waals surface area contributed by atoms with Crippen molar-refractivity contribution in [3.05, 3.63) is 22.9 Å². The van der Waals surface area contributed by atoms with Crippen molar-refractivity contribution in [3.8, 4) is 0 Å². The van der Waals surface area contributed by atoms with Gasteiger partial charge >= 0.3 is 5.69 Å². The lowest BCUT2D eigenvalue weighted by Gasteiger charge is -2.11. The normalized spacial score (nSPS) is 21.2. The fourth-order valence-corrected chi connectivity index (χ4v) is 2.75. The first kappa shape index (κ1) is 11.1. The van der Waals surface area contributed by atoms with Crippen LogP contribution in [0.5, 0.6) is 0 Å². The second kappa shape index (κ2) is 4.69. The van der Waals surface area contributed by atoms with Gasteiger partial charge in [0.05, 0.1) is 0 Å². The molecule has 0 bridgehead atoms. The molecule has 94 valence electrons. The van der Waals surface area contributed by atoms with E-state index in [-0.39, 0.29) is 5.69 Å². The Hall–Kier alpha value is -1.03. The van der Waals surface area contributed by atoms with E-state index in [4.69, 9.17) is 0 Å². The monoisotopic (exact) mass is 235 g/mol. The molecule has 4 nitrogen and oxygen atoms in total. The highest BCUT2D eigenvalue weighted by molar-refractivity contribution is 4.91. The third kappa shape index (κ3) is 2.46. The average molecular weight is 235 g/mol. The second-order valence-corrected chi connectivity index (χ2v) is 5.35. The first-order valence-electron chi connectivity index (χ1n) is 6.85. The first-order chi connectivity index (χ1) is 8.34. The van der Waals surface area contributed by atoms with Gasteiger partial charge in [-0.3, -0.25) is 9.13 Å². The summed E-state index contributed by atoms with van der Waals surface area (Å²) in [5, 5.41) is 3.54. The highest BCUT2D eigenvalue weighted by Gasteiger charge is 2.25. The number of aromatic nitrogens is 2.